The maximum absolute atomic E-state index is 12.7. The Morgan fingerprint density at radius 3 is 1.69 bits per heavy atom. The summed E-state index contributed by atoms with van der Waals surface area (Å²) in [5, 5.41) is 17.1. The summed E-state index contributed by atoms with van der Waals surface area (Å²) in [4.78, 5) is 48.5. The van der Waals surface area contributed by atoms with E-state index in [4.69, 9.17) is 5.73 Å². The van der Waals surface area contributed by atoms with E-state index in [1.807, 2.05) is 26.4 Å². The number of carboxylic acids is 1. The summed E-state index contributed by atoms with van der Waals surface area (Å²) in [6.07, 6.45) is 4.77. The Balaban J connectivity index is 5.25. The average Bonchev–Trinajstić information content (AvgIpc) is 2.66. The smallest absolute Gasteiger partial charge is 0.326 e. The van der Waals surface area contributed by atoms with Crippen LogP contribution in [-0.2, 0) is 19.2 Å². The third-order valence-electron chi connectivity index (χ3n) is 4.01. The van der Waals surface area contributed by atoms with E-state index in [1.54, 1.807) is 0 Å². The Kier molecular flexibility index (Phi) is 14.6. The molecule has 0 radical (unpaired) electrons. The van der Waals surface area contributed by atoms with Gasteiger partial charge in [0.15, 0.2) is 0 Å². The summed E-state index contributed by atoms with van der Waals surface area (Å²) in [5.41, 5.74) is 5.32. The minimum Gasteiger partial charge on any atom is -0.480 e. The fourth-order valence-corrected chi connectivity index (χ4v) is 3.44. The lowest BCUT2D eigenvalue weighted by Gasteiger charge is -2.24. The Morgan fingerprint density at radius 2 is 1.31 bits per heavy atom. The van der Waals surface area contributed by atoms with Crippen LogP contribution >= 0.6 is 23.5 Å². The molecule has 0 aliphatic carbocycles. The maximum Gasteiger partial charge on any atom is 0.326 e. The lowest BCUT2D eigenvalue weighted by Crippen LogP contribution is -2.56. The molecule has 0 rings (SSSR count). The Labute approximate surface area is 181 Å². The summed E-state index contributed by atoms with van der Waals surface area (Å²) in [5.74, 6) is -1.29. The number of amides is 3. The molecule has 0 fully saturated rings. The predicted octanol–water partition coefficient (Wildman–Crippen LogP) is 0.0364. The first-order valence-electron chi connectivity index (χ1n) is 9.47. The minimum atomic E-state index is -1.12. The van der Waals surface area contributed by atoms with Crippen molar-refractivity contribution in [3.63, 3.8) is 0 Å². The molecule has 9 nitrogen and oxygen atoms in total. The van der Waals surface area contributed by atoms with Crippen LogP contribution < -0.4 is 21.7 Å². The number of nitrogens with two attached hydrogens (primary N) is 1. The van der Waals surface area contributed by atoms with Gasteiger partial charge >= 0.3 is 5.97 Å². The zero-order valence-corrected chi connectivity index (χ0v) is 19.2. The summed E-state index contributed by atoms with van der Waals surface area (Å²) >= 11 is 3.04. The Hall–Kier alpha value is -1.46. The summed E-state index contributed by atoms with van der Waals surface area (Å²) in [7, 11) is 0. The first kappa shape index (κ1) is 27.5. The van der Waals surface area contributed by atoms with Crippen LogP contribution in [-0.4, -0.2) is 77.5 Å². The molecule has 0 aliphatic heterocycles. The van der Waals surface area contributed by atoms with Crippen molar-refractivity contribution in [3.8, 4) is 0 Å². The predicted molar refractivity (Wildman–Crippen MR) is 118 cm³/mol. The average molecular weight is 451 g/mol. The van der Waals surface area contributed by atoms with E-state index in [0.717, 1.165) is 0 Å². The van der Waals surface area contributed by atoms with Gasteiger partial charge in [0, 0.05) is 0 Å². The van der Waals surface area contributed by atoms with Crippen molar-refractivity contribution in [2.45, 2.75) is 51.2 Å². The standard InChI is InChI=1S/C18H34N4O5S2/c1-11(2)9-14(18(26)27)22-17(25)13(6-8-29-4)21-16(24)12(5-7-28-3)20-15(23)10-19/h11-14H,5-10,19H2,1-4H3,(H,20,23)(H,21,24)(H,22,25)(H,26,27). The van der Waals surface area contributed by atoms with Crippen molar-refractivity contribution in [1.82, 2.24) is 16.0 Å². The normalized spacial score (nSPS) is 14.0. The van der Waals surface area contributed by atoms with Gasteiger partial charge in [-0.1, -0.05) is 13.8 Å². The fourth-order valence-electron chi connectivity index (χ4n) is 2.50. The Morgan fingerprint density at radius 1 is 0.862 bits per heavy atom. The molecule has 3 amide bonds. The highest BCUT2D eigenvalue weighted by molar-refractivity contribution is 7.98. The van der Waals surface area contributed by atoms with Crippen LogP contribution in [0.15, 0.2) is 0 Å². The molecule has 6 N–H and O–H groups in total. The number of carbonyl (C=O) groups excluding carboxylic acids is 3. The highest BCUT2D eigenvalue weighted by Gasteiger charge is 2.29. The fraction of sp³-hybridized carbons (Fsp3) is 0.778. The van der Waals surface area contributed by atoms with Gasteiger partial charge in [0.25, 0.3) is 0 Å². The van der Waals surface area contributed by atoms with E-state index in [1.165, 1.54) is 23.5 Å². The summed E-state index contributed by atoms with van der Waals surface area (Å²) in [6, 6.07) is -2.73. The molecule has 3 unspecified atom stereocenters. The number of carbonyl (C=O) groups is 4. The second-order valence-electron chi connectivity index (χ2n) is 6.98. The second kappa shape index (κ2) is 15.4. The van der Waals surface area contributed by atoms with E-state index in [2.05, 4.69) is 16.0 Å². The van der Waals surface area contributed by atoms with Crippen LogP contribution in [0, 0.1) is 5.92 Å². The zero-order chi connectivity index (χ0) is 22.4. The van der Waals surface area contributed by atoms with Crippen LogP contribution in [0.1, 0.15) is 33.1 Å². The van der Waals surface area contributed by atoms with Crippen LogP contribution in [0.5, 0.6) is 0 Å². The molecule has 0 heterocycles. The van der Waals surface area contributed by atoms with E-state index in [-0.39, 0.29) is 18.9 Å². The van der Waals surface area contributed by atoms with Crippen molar-refractivity contribution >= 4 is 47.2 Å². The molecule has 0 saturated carbocycles. The second-order valence-corrected chi connectivity index (χ2v) is 8.95. The Bertz CT molecular complexity index is 548. The van der Waals surface area contributed by atoms with Gasteiger partial charge in [-0.2, -0.15) is 23.5 Å². The topological polar surface area (TPSA) is 151 Å². The van der Waals surface area contributed by atoms with Crippen LogP contribution in [0.3, 0.4) is 0 Å². The SMILES string of the molecule is CSCCC(NC(=O)CN)C(=O)NC(CCSC)C(=O)NC(CC(C)C)C(=O)O. The molecule has 0 aliphatic rings. The van der Waals surface area contributed by atoms with Crippen LogP contribution in [0.25, 0.3) is 0 Å². The van der Waals surface area contributed by atoms with E-state index >= 15 is 0 Å². The number of carboxylic acid groups (broad SMARTS) is 1. The molecule has 0 bridgehead atoms. The van der Waals surface area contributed by atoms with Crippen LogP contribution in [0.4, 0.5) is 0 Å². The lowest BCUT2D eigenvalue weighted by atomic mass is 10.0. The highest BCUT2D eigenvalue weighted by atomic mass is 32.2. The van der Waals surface area contributed by atoms with Gasteiger partial charge in [0.1, 0.15) is 18.1 Å². The van der Waals surface area contributed by atoms with E-state index < -0.39 is 41.8 Å². The van der Waals surface area contributed by atoms with Crippen molar-refractivity contribution in [2.75, 3.05) is 30.6 Å². The number of hydrogen-bond donors (Lipinski definition) is 5. The van der Waals surface area contributed by atoms with Gasteiger partial charge in [-0.15, -0.1) is 0 Å². The molecule has 0 aromatic rings. The molecule has 3 atom stereocenters. The van der Waals surface area contributed by atoms with Gasteiger partial charge in [-0.05, 0) is 49.2 Å². The number of aliphatic carboxylic acids is 1. The molecule has 0 saturated heterocycles. The molecule has 0 aromatic carbocycles. The quantitative estimate of drug-likeness (QED) is 0.235. The van der Waals surface area contributed by atoms with Crippen molar-refractivity contribution in [1.29, 1.82) is 0 Å². The van der Waals surface area contributed by atoms with Crippen LogP contribution in [0.2, 0.25) is 0 Å². The lowest BCUT2D eigenvalue weighted by molar-refractivity contribution is -0.142. The van der Waals surface area contributed by atoms with Gasteiger partial charge in [0.2, 0.25) is 17.7 Å². The number of hydrogen-bond acceptors (Lipinski definition) is 7. The van der Waals surface area contributed by atoms with E-state index in [9.17, 15) is 24.3 Å². The molecular formula is C18H34N4O5S2. The molecule has 11 heteroatoms. The molecule has 168 valence electrons. The maximum atomic E-state index is 12.7. The number of thioether (sulfide) groups is 2. The van der Waals surface area contributed by atoms with Gasteiger partial charge in [-0.25, -0.2) is 4.79 Å². The monoisotopic (exact) mass is 450 g/mol. The first-order chi connectivity index (χ1) is 13.7. The third-order valence-corrected chi connectivity index (χ3v) is 5.30. The van der Waals surface area contributed by atoms with Crippen molar-refractivity contribution < 1.29 is 24.3 Å². The summed E-state index contributed by atoms with van der Waals surface area (Å²) < 4.78 is 0. The van der Waals surface area contributed by atoms with Gasteiger partial charge in [0.05, 0.1) is 6.54 Å². The molecule has 29 heavy (non-hydrogen) atoms. The largest absolute Gasteiger partial charge is 0.480 e. The third kappa shape index (κ3) is 12.0. The molecule has 0 aromatic heterocycles. The van der Waals surface area contributed by atoms with E-state index in [0.29, 0.717) is 24.3 Å². The van der Waals surface area contributed by atoms with Gasteiger partial charge < -0.3 is 26.8 Å². The molecule has 0 spiro atoms. The van der Waals surface area contributed by atoms with Crippen molar-refractivity contribution in [3.05, 3.63) is 0 Å². The first-order valence-corrected chi connectivity index (χ1v) is 12.3. The zero-order valence-electron chi connectivity index (χ0n) is 17.5. The number of rotatable bonds is 15. The number of nitrogens with one attached hydrogen (secondary N) is 3. The minimum absolute atomic E-state index is 0.0815. The summed E-state index contributed by atoms with van der Waals surface area (Å²) in [6.45, 7) is 3.49. The van der Waals surface area contributed by atoms with Gasteiger partial charge in [-0.3, -0.25) is 14.4 Å². The van der Waals surface area contributed by atoms with Crippen molar-refractivity contribution in [2.24, 2.45) is 11.7 Å². The molecular weight excluding hydrogens is 416 g/mol. The highest BCUT2D eigenvalue weighted by Crippen LogP contribution is 2.08.